The summed E-state index contributed by atoms with van der Waals surface area (Å²) in [6, 6.07) is 9.19. The van der Waals surface area contributed by atoms with Crippen LogP contribution in [0.1, 0.15) is 31.5 Å². The van der Waals surface area contributed by atoms with Gasteiger partial charge in [-0.2, -0.15) is 0 Å². The number of aromatic nitrogens is 2. The van der Waals surface area contributed by atoms with Gasteiger partial charge in [0.2, 0.25) is 11.8 Å². The van der Waals surface area contributed by atoms with Crippen LogP contribution < -0.4 is 19.9 Å². The molecule has 8 heteroatoms. The third kappa shape index (κ3) is 4.53. The third-order valence-corrected chi connectivity index (χ3v) is 5.67. The summed E-state index contributed by atoms with van der Waals surface area (Å²) in [4.78, 5) is 37.9. The molecule has 2 fully saturated rings. The number of methoxy groups -OCH3 is 1. The summed E-state index contributed by atoms with van der Waals surface area (Å²) in [5.41, 5.74) is 0.772. The molecule has 1 N–H and O–H groups in total. The van der Waals surface area contributed by atoms with Crippen LogP contribution in [-0.4, -0.2) is 48.5 Å². The van der Waals surface area contributed by atoms with Crippen molar-refractivity contribution < 1.29 is 14.3 Å². The van der Waals surface area contributed by atoms with E-state index in [1.807, 2.05) is 30.3 Å². The Morgan fingerprint density at radius 3 is 2.67 bits per heavy atom. The molecule has 2 saturated heterocycles. The Kier molecular flexibility index (Phi) is 6.11. The van der Waals surface area contributed by atoms with Crippen LogP contribution in [0.5, 0.6) is 5.75 Å². The number of ether oxygens (including phenoxy) is 1. The lowest BCUT2D eigenvalue weighted by Crippen LogP contribution is -2.33. The van der Waals surface area contributed by atoms with Crippen molar-refractivity contribution in [2.45, 2.75) is 32.2 Å². The summed E-state index contributed by atoms with van der Waals surface area (Å²) >= 11 is 0. The minimum Gasteiger partial charge on any atom is -0.497 e. The molecule has 0 saturated carbocycles. The van der Waals surface area contributed by atoms with Gasteiger partial charge >= 0.3 is 0 Å². The van der Waals surface area contributed by atoms with Crippen LogP contribution in [0.4, 0.5) is 11.5 Å². The van der Waals surface area contributed by atoms with E-state index in [0.717, 1.165) is 30.3 Å². The number of benzene rings is 1. The maximum absolute atomic E-state index is 12.7. The van der Waals surface area contributed by atoms with E-state index in [-0.39, 0.29) is 30.7 Å². The first-order valence-electron chi connectivity index (χ1n) is 10.4. The summed E-state index contributed by atoms with van der Waals surface area (Å²) in [7, 11) is 1.60. The van der Waals surface area contributed by atoms with Crippen molar-refractivity contribution in [1.82, 2.24) is 15.3 Å². The van der Waals surface area contributed by atoms with Crippen molar-refractivity contribution in [1.29, 1.82) is 0 Å². The maximum Gasteiger partial charge on any atom is 0.227 e. The Morgan fingerprint density at radius 1 is 1.17 bits per heavy atom. The fourth-order valence-electron chi connectivity index (χ4n) is 3.98. The van der Waals surface area contributed by atoms with Gasteiger partial charge in [0.25, 0.3) is 0 Å². The lowest BCUT2D eigenvalue weighted by Gasteiger charge is -2.27. The smallest absolute Gasteiger partial charge is 0.227 e. The molecule has 0 bridgehead atoms. The summed E-state index contributed by atoms with van der Waals surface area (Å²) in [6.07, 6.45) is 5.56. The van der Waals surface area contributed by atoms with Crippen LogP contribution in [0.2, 0.25) is 0 Å². The maximum atomic E-state index is 12.7. The molecule has 1 atom stereocenters. The number of anilines is 2. The summed E-state index contributed by atoms with van der Waals surface area (Å²) < 4.78 is 5.16. The van der Waals surface area contributed by atoms with Gasteiger partial charge in [0.15, 0.2) is 0 Å². The van der Waals surface area contributed by atoms with Gasteiger partial charge in [0.1, 0.15) is 17.4 Å². The van der Waals surface area contributed by atoms with Crippen LogP contribution >= 0.6 is 0 Å². The molecule has 0 spiro atoms. The van der Waals surface area contributed by atoms with Gasteiger partial charge in [-0.3, -0.25) is 9.59 Å². The molecule has 2 aromatic rings. The molecule has 2 amide bonds. The van der Waals surface area contributed by atoms with Gasteiger partial charge in [0, 0.05) is 37.9 Å². The quantitative estimate of drug-likeness (QED) is 0.787. The molecule has 3 heterocycles. The van der Waals surface area contributed by atoms with E-state index >= 15 is 0 Å². The third-order valence-electron chi connectivity index (χ3n) is 5.67. The number of hydrogen-bond donors (Lipinski definition) is 1. The molecule has 4 rings (SSSR count). The molecule has 0 radical (unpaired) electrons. The van der Waals surface area contributed by atoms with Gasteiger partial charge in [-0.1, -0.05) is 0 Å². The molecule has 1 unspecified atom stereocenters. The molecule has 8 nitrogen and oxygen atoms in total. The Balaban J connectivity index is 1.33. The fourth-order valence-corrected chi connectivity index (χ4v) is 3.98. The van der Waals surface area contributed by atoms with Crippen molar-refractivity contribution in [2.24, 2.45) is 5.92 Å². The average molecular weight is 409 g/mol. The van der Waals surface area contributed by atoms with Gasteiger partial charge in [0.05, 0.1) is 19.6 Å². The van der Waals surface area contributed by atoms with Crippen molar-refractivity contribution in [2.75, 3.05) is 36.5 Å². The second kappa shape index (κ2) is 9.11. The van der Waals surface area contributed by atoms with Gasteiger partial charge in [-0.05, 0) is 49.6 Å². The topological polar surface area (TPSA) is 87.7 Å². The number of nitrogens with one attached hydrogen (secondary N) is 1. The monoisotopic (exact) mass is 409 g/mol. The van der Waals surface area contributed by atoms with Crippen molar-refractivity contribution in [3.05, 3.63) is 42.4 Å². The number of carbonyl (C=O) groups is 2. The largest absolute Gasteiger partial charge is 0.497 e. The zero-order valence-electron chi connectivity index (χ0n) is 17.2. The predicted molar refractivity (Wildman–Crippen MR) is 113 cm³/mol. The first kappa shape index (κ1) is 20.1. The highest BCUT2D eigenvalue weighted by atomic mass is 16.5. The van der Waals surface area contributed by atoms with Gasteiger partial charge in [-0.25, -0.2) is 9.97 Å². The minimum absolute atomic E-state index is 0.0522. The molecule has 1 aromatic carbocycles. The number of hydrogen-bond acceptors (Lipinski definition) is 6. The first-order valence-corrected chi connectivity index (χ1v) is 10.4. The zero-order chi connectivity index (χ0) is 20.9. The van der Waals surface area contributed by atoms with Crippen LogP contribution in [0.3, 0.4) is 0 Å². The minimum atomic E-state index is -0.384. The molecule has 2 aliphatic rings. The first-order chi connectivity index (χ1) is 14.6. The Bertz CT molecular complexity index is 896. The highest BCUT2D eigenvalue weighted by Gasteiger charge is 2.35. The summed E-state index contributed by atoms with van der Waals surface area (Å²) in [5.74, 6) is 1.64. The van der Waals surface area contributed by atoms with Gasteiger partial charge in [-0.15, -0.1) is 0 Å². The van der Waals surface area contributed by atoms with Crippen molar-refractivity contribution in [3.8, 4) is 5.75 Å². The molecule has 2 aliphatic heterocycles. The Morgan fingerprint density at radius 2 is 1.93 bits per heavy atom. The summed E-state index contributed by atoms with van der Waals surface area (Å²) in [5, 5.41) is 2.90. The summed E-state index contributed by atoms with van der Waals surface area (Å²) in [6.45, 7) is 2.64. The molecule has 158 valence electrons. The van der Waals surface area contributed by atoms with E-state index in [4.69, 9.17) is 4.74 Å². The predicted octanol–water partition coefficient (Wildman–Crippen LogP) is 2.14. The van der Waals surface area contributed by atoms with E-state index in [1.165, 1.54) is 19.3 Å². The molecular formula is C22H27N5O3. The number of piperidine rings is 1. The molecule has 0 aliphatic carbocycles. The van der Waals surface area contributed by atoms with Crippen LogP contribution in [0, 0.1) is 5.92 Å². The number of carbonyl (C=O) groups excluding carboxylic acids is 2. The fraction of sp³-hybridized carbons (Fsp3) is 0.455. The normalized spacial score (nSPS) is 19.1. The van der Waals surface area contributed by atoms with E-state index in [0.29, 0.717) is 12.4 Å². The number of amides is 2. The number of nitrogens with zero attached hydrogens (tertiary/aromatic N) is 4. The van der Waals surface area contributed by atoms with E-state index in [9.17, 15) is 9.59 Å². The Labute approximate surface area is 176 Å². The second-order valence-corrected chi connectivity index (χ2v) is 7.70. The molecule has 1 aromatic heterocycles. The molecular weight excluding hydrogens is 382 g/mol. The van der Waals surface area contributed by atoms with Crippen LogP contribution in [0.25, 0.3) is 0 Å². The van der Waals surface area contributed by atoms with E-state index in [2.05, 4.69) is 20.2 Å². The SMILES string of the molecule is COc1ccc(N2CC(C(=O)NCc3nccc(N4CCCCC4)n3)CC2=O)cc1. The number of rotatable bonds is 6. The lowest BCUT2D eigenvalue weighted by molar-refractivity contribution is -0.126. The van der Waals surface area contributed by atoms with Crippen LogP contribution in [-0.2, 0) is 16.1 Å². The standard InChI is InChI=1S/C22H27N5O3/c1-30-18-7-5-17(6-8-18)27-15-16(13-21(27)28)22(29)24-14-19-23-10-9-20(25-19)26-11-3-2-4-12-26/h5-10,16H,2-4,11-15H2,1H3,(H,24,29). The lowest BCUT2D eigenvalue weighted by atomic mass is 10.1. The average Bonchev–Trinajstić information content (AvgIpc) is 3.20. The molecule has 30 heavy (non-hydrogen) atoms. The van der Waals surface area contributed by atoms with E-state index < -0.39 is 0 Å². The second-order valence-electron chi connectivity index (χ2n) is 7.70. The van der Waals surface area contributed by atoms with Crippen molar-refractivity contribution >= 4 is 23.3 Å². The van der Waals surface area contributed by atoms with Crippen molar-refractivity contribution in [3.63, 3.8) is 0 Å². The van der Waals surface area contributed by atoms with E-state index in [1.54, 1.807) is 18.2 Å². The highest BCUT2D eigenvalue weighted by molar-refractivity contribution is 6.00. The zero-order valence-corrected chi connectivity index (χ0v) is 17.2. The van der Waals surface area contributed by atoms with Crippen LogP contribution in [0.15, 0.2) is 36.5 Å². The van der Waals surface area contributed by atoms with Gasteiger partial charge < -0.3 is 19.9 Å². The highest BCUT2D eigenvalue weighted by Crippen LogP contribution is 2.27. The Hall–Kier alpha value is -3.16.